The average molecular weight is 188 g/mol. The molecule has 0 amide bonds. The van der Waals surface area contributed by atoms with E-state index >= 15 is 0 Å². The third kappa shape index (κ3) is 4.15. The van der Waals surface area contributed by atoms with E-state index in [1.54, 1.807) is 11.8 Å². The summed E-state index contributed by atoms with van der Waals surface area (Å²) in [5, 5.41) is 0.213. The van der Waals surface area contributed by atoms with Gasteiger partial charge in [-0.2, -0.15) is 11.8 Å². The fourth-order valence-electron chi connectivity index (χ4n) is 1.13. The Balaban J connectivity index is 4.06. The summed E-state index contributed by atoms with van der Waals surface area (Å²) >= 11 is 1.69. The van der Waals surface area contributed by atoms with Crippen molar-refractivity contribution in [1.29, 1.82) is 0 Å². The van der Waals surface area contributed by atoms with Crippen molar-refractivity contribution in [2.24, 2.45) is 11.8 Å². The van der Waals surface area contributed by atoms with Crippen LogP contribution in [0.3, 0.4) is 0 Å². The van der Waals surface area contributed by atoms with E-state index in [-0.39, 0.29) is 11.2 Å². The Bertz CT molecular complexity index is 141. The van der Waals surface area contributed by atoms with Crippen molar-refractivity contribution in [2.45, 2.75) is 39.4 Å². The molecule has 0 aliphatic heterocycles. The minimum absolute atomic E-state index is 0.182. The molecule has 0 bridgehead atoms. The van der Waals surface area contributed by atoms with E-state index in [2.05, 4.69) is 13.8 Å². The summed E-state index contributed by atoms with van der Waals surface area (Å²) in [6.45, 7) is 8.28. The molecule has 0 saturated heterocycles. The lowest BCUT2D eigenvalue weighted by Crippen LogP contribution is -2.23. The number of rotatable bonds is 5. The fraction of sp³-hybridized carbons (Fsp3) is 0.900. The number of carbonyl (C=O) groups is 1. The van der Waals surface area contributed by atoms with Gasteiger partial charge in [0, 0.05) is 5.92 Å². The second-order valence-corrected chi connectivity index (χ2v) is 4.95. The number of thioether (sulfide) groups is 1. The Morgan fingerprint density at radius 2 is 1.75 bits per heavy atom. The highest BCUT2D eigenvalue weighted by Gasteiger charge is 2.20. The molecule has 0 aromatic heterocycles. The van der Waals surface area contributed by atoms with Crippen LogP contribution in [0.2, 0.25) is 0 Å². The molecule has 1 unspecified atom stereocenters. The first kappa shape index (κ1) is 12.0. The minimum atomic E-state index is 0.182. The molecule has 0 fully saturated rings. The van der Waals surface area contributed by atoms with Crippen molar-refractivity contribution in [1.82, 2.24) is 0 Å². The summed E-state index contributed by atoms with van der Waals surface area (Å²) < 4.78 is 0. The molecule has 0 saturated carbocycles. The summed E-state index contributed by atoms with van der Waals surface area (Å²) in [6, 6.07) is 0. The molecule has 0 aromatic carbocycles. The van der Waals surface area contributed by atoms with E-state index in [1.807, 2.05) is 20.1 Å². The first-order valence-corrected chi connectivity index (χ1v) is 5.84. The second kappa shape index (κ2) is 5.63. The van der Waals surface area contributed by atoms with E-state index in [4.69, 9.17) is 0 Å². The van der Waals surface area contributed by atoms with Crippen molar-refractivity contribution >= 4 is 17.5 Å². The van der Waals surface area contributed by atoms with Crippen LogP contribution >= 0.6 is 11.8 Å². The van der Waals surface area contributed by atoms with Gasteiger partial charge in [-0.15, -0.1) is 0 Å². The Kier molecular flexibility index (Phi) is 5.64. The average Bonchev–Trinajstić information content (AvgIpc) is 1.98. The van der Waals surface area contributed by atoms with Gasteiger partial charge in [0.05, 0.1) is 5.25 Å². The summed E-state index contributed by atoms with van der Waals surface area (Å²) in [6.07, 6.45) is 3.03. The zero-order valence-electron chi connectivity index (χ0n) is 8.76. The van der Waals surface area contributed by atoms with Crippen molar-refractivity contribution in [3.05, 3.63) is 0 Å². The Morgan fingerprint density at radius 1 is 1.25 bits per heavy atom. The monoisotopic (exact) mass is 188 g/mol. The number of Topliss-reactive ketones (excluding diaryl/α,β-unsaturated/α-hetero) is 1. The third-order valence-corrected chi connectivity index (χ3v) is 2.85. The topological polar surface area (TPSA) is 17.1 Å². The first-order valence-electron chi connectivity index (χ1n) is 4.55. The van der Waals surface area contributed by atoms with Gasteiger partial charge in [-0.25, -0.2) is 0 Å². The molecule has 0 rings (SSSR count). The van der Waals surface area contributed by atoms with E-state index in [0.29, 0.717) is 11.7 Å². The van der Waals surface area contributed by atoms with E-state index in [1.165, 1.54) is 0 Å². The highest BCUT2D eigenvalue weighted by Crippen LogP contribution is 2.20. The molecule has 0 aliphatic carbocycles. The molecule has 1 atom stereocenters. The van der Waals surface area contributed by atoms with Gasteiger partial charge in [-0.1, -0.05) is 27.7 Å². The predicted molar refractivity (Wildman–Crippen MR) is 56.6 cm³/mol. The maximum atomic E-state index is 11.6. The van der Waals surface area contributed by atoms with Crippen molar-refractivity contribution in [3.63, 3.8) is 0 Å². The lowest BCUT2D eigenvalue weighted by molar-refractivity contribution is -0.121. The Hall–Kier alpha value is 0.0200. The second-order valence-electron chi connectivity index (χ2n) is 3.91. The quantitative estimate of drug-likeness (QED) is 0.660. The Labute approximate surface area is 80.3 Å². The van der Waals surface area contributed by atoms with Crippen LogP contribution in [0.15, 0.2) is 0 Å². The van der Waals surface area contributed by atoms with E-state index in [0.717, 1.165) is 6.42 Å². The smallest absolute Gasteiger partial charge is 0.148 e. The molecule has 0 heterocycles. The fourth-order valence-corrected chi connectivity index (χ4v) is 2.21. The molecule has 0 spiro atoms. The van der Waals surface area contributed by atoms with Gasteiger partial charge in [0.2, 0.25) is 0 Å². The van der Waals surface area contributed by atoms with Crippen molar-refractivity contribution < 1.29 is 4.79 Å². The first-order chi connectivity index (χ1) is 5.49. The largest absolute Gasteiger partial charge is 0.298 e. The highest BCUT2D eigenvalue weighted by atomic mass is 32.2. The number of hydrogen-bond acceptors (Lipinski definition) is 2. The molecule has 0 aromatic rings. The molecular formula is C10H20OS. The molecule has 12 heavy (non-hydrogen) atoms. The van der Waals surface area contributed by atoms with Crippen LogP contribution in [-0.4, -0.2) is 17.3 Å². The van der Waals surface area contributed by atoms with Gasteiger partial charge in [0.1, 0.15) is 5.78 Å². The van der Waals surface area contributed by atoms with E-state index < -0.39 is 0 Å². The SMILES string of the molecule is CSC(CC(C)C)C(=O)C(C)C. The summed E-state index contributed by atoms with van der Waals surface area (Å²) in [4.78, 5) is 11.6. The maximum Gasteiger partial charge on any atom is 0.148 e. The molecule has 72 valence electrons. The molecule has 0 aliphatic rings. The number of hydrogen-bond donors (Lipinski definition) is 0. The highest BCUT2D eigenvalue weighted by molar-refractivity contribution is 7.99. The van der Waals surface area contributed by atoms with Crippen LogP contribution in [0.4, 0.5) is 0 Å². The minimum Gasteiger partial charge on any atom is -0.298 e. The van der Waals surface area contributed by atoms with Gasteiger partial charge >= 0.3 is 0 Å². The van der Waals surface area contributed by atoms with Gasteiger partial charge in [0.15, 0.2) is 0 Å². The number of ketones is 1. The third-order valence-electron chi connectivity index (χ3n) is 1.86. The maximum absolute atomic E-state index is 11.6. The molecule has 0 radical (unpaired) electrons. The zero-order valence-corrected chi connectivity index (χ0v) is 9.57. The van der Waals surface area contributed by atoms with Crippen LogP contribution in [0.25, 0.3) is 0 Å². The van der Waals surface area contributed by atoms with Crippen LogP contribution < -0.4 is 0 Å². The molecule has 0 N–H and O–H groups in total. The van der Waals surface area contributed by atoms with E-state index in [9.17, 15) is 4.79 Å². The molecule has 1 nitrogen and oxygen atoms in total. The van der Waals surface area contributed by atoms with Crippen LogP contribution in [0.5, 0.6) is 0 Å². The zero-order chi connectivity index (χ0) is 9.72. The summed E-state index contributed by atoms with van der Waals surface area (Å²) in [7, 11) is 0. The predicted octanol–water partition coefficient (Wildman–Crippen LogP) is 2.99. The summed E-state index contributed by atoms with van der Waals surface area (Å²) in [5.74, 6) is 1.20. The van der Waals surface area contributed by atoms with Gasteiger partial charge in [-0.05, 0) is 18.6 Å². The van der Waals surface area contributed by atoms with Gasteiger partial charge in [-0.3, -0.25) is 4.79 Å². The van der Waals surface area contributed by atoms with Crippen LogP contribution in [0, 0.1) is 11.8 Å². The number of carbonyl (C=O) groups excluding carboxylic acids is 1. The lowest BCUT2D eigenvalue weighted by atomic mass is 9.99. The molecule has 2 heteroatoms. The lowest BCUT2D eigenvalue weighted by Gasteiger charge is -2.17. The normalized spacial score (nSPS) is 13.9. The van der Waals surface area contributed by atoms with Gasteiger partial charge < -0.3 is 0 Å². The van der Waals surface area contributed by atoms with Crippen molar-refractivity contribution in [2.75, 3.05) is 6.26 Å². The standard InChI is InChI=1S/C10H20OS/c1-7(2)6-9(12-5)10(11)8(3)4/h7-9H,6H2,1-5H3. The Morgan fingerprint density at radius 3 is 2.00 bits per heavy atom. The van der Waals surface area contributed by atoms with Crippen LogP contribution in [-0.2, 0) is 4.79 Å². The summed E-state index contributed by atoms with van der Waals surface area (Å²) in [5.41, 5.74) is 0. The van der Waals surface area contributed by atoms with Crippen molar-refractivity contribution in [3.8, 4) is 0 Å². The van der Waals surface area contributed by atoms with Crippen LogP contribution in [0.1, 0.15) is 34.1 Å². The molecular weight excluding hydrogens is 168 g/mol. The van der Waals surface area contributed by atoms with Gasteiger partial charge in [0.25, 0.3) is 0 Å².